The summed E-state index contributed by atoms with van der Waals surface area (Å²) in [7, 11) is -4.16. The highest BCUT2D eigenvalue weighted by atomic mass is 32.2. The first-order valence-corrected chi connectivity index (χ1v) is 9.10. The first kappa shape index (κ1) is 17.3. The molecule has 1 aliphatic heterocycles. The molecule has 3 rings (SSSR count). The number of carbonyl (C=O) groups excluding carboxylic acids is 1. The van der Waals surface area contributed by atoms with Crippen LogP contribution in [-0.4, -0.2) is 25.8 Å². The van der Waals surface area contributed by atoms with Crippen molar-refractivity contribution < 1.29 is 22.0 Å². The largest absolute Gasteiger partial charge is 0.338 e. The number of amides is 1. The van der Waals surface area contributed by atoms with Crippen LogP contribution in [0, 0.1) is 11.6 Å². The Morgan fingerprint density at radius 3 is 2.44 bits per heavy atom. The first-order chi connectivity index (χ1) is 11.8. The van der Waals surface area contributed by atoms with Crippen LogP contribution in [0.1, 0.15) is 18.1 Å². The van der Waals surface area contributed by atoms with Crippen LogP contribution in [0.5, 0.6) is 0 Å². The molecule has 1 aliphatic rings. The number of carbonyl (C=O) groups is 1. The number of rotatable bonds is 3. The van der Waals surface area contributed by atoms with Gasteiger partial charge in [-0.3, -0.25) is 9.52 Å². The summed E-state index contributed by atoms with van der Waals surface area (Å²) in [5.74, 6) is -2.08. The summed E-state index contributed by atoms with van der Waals surface area (Å²) in [5.41, 5.74) is 0.942. The molecule has 8 heteroatoms. The van der Waals surface area contributed by atoms with E-state index in [1.165, 1.54) is 19.1 Å². The van der Waals surface area contributed by atoms with Crippen molar-refractivity contribution in [1.82, 2.24) is 4.90 Å². The SMILES string of the molecule is CC(=O)N1CCc2ccc(S(=O)(=O)Nc3c(F)cccc3F)cc2C1. The lowest BCUT2D eigenvalue weighted by Gasteiger charge is -2.28. The van der Waals surface area contributed by atoms with Gasteiger partial charge >= 0.3 is 0 Å². The number of para-hydroxylation sites is 1. The van der Waals surface area contributed by atoms with Crippen molar-refractivity contribution in [2.75, 3.05) is 11.3 Å². The molecule has 5 nitrogen and oxygen atoms in total. The van der Waals surface area contributed by atoms with Gasteiger partial charge in [0, 0.05) is 20.0 Å². The number of anilines is 1. The van der Waals surface area contributed by atoms with Gasteiger partial charge in [-0.2, -0.15) is 0 Å². The summed E-state index contributed by atoms with van der Waals surface area (Å²) < 4.78 is 54.3. The van der Waals surface area contributed by atoms with Crippen molar-refractivity contribution in [3.63, 3.8) is 0 Å². The second kappa shape index (κ2) is 6.44. The zero-order valence-electron chi connectivity index (χ0n) is 13.4. The lowest BCUT2D eigenvalue weighted by atomic mass is 10.00. The molecule has 2 aromatic carbocycles. The average Bonchev–Trinajstić information content (AvgIpc) is 2.57. The van der Waals surface area contributed by atoms with Crippen LogP contribution in [0.4, 0.5) is 14.5 Å². The molecule has 0 aromatic heterocycles. The molecule has 0 bridgehead atoms. The summed E-state index contributed by atoms with van der Waals surface area (Å²) >= 11 is 0. The molecule has 0 atom stereocenters. The van der Waals surface area contributed by atoms with Gasteiger partial charge in [0.05, 0.1) is 4.90 Å². The maximum atomic E-state index is 13.7. The molecule has 1 N–H and O–H groups in total. The lowest BCUT2D eigenvalue weighted by molar-refractivity contribution is -0.129. The average molecular weight is 366 g/mol. The summed E-state index contributed by atoms with van der Waals surface area (Å²) in [5, 5.41) is 0. The Kier molecular flexibility index (Phi) is 4.47. The third-order valence-corrected chi connectivity index (χ3v) is 5.49. The van der Waals surface area contributed by atoms with Gasteiger partial charge in [0.1, 0.15) is 17.3 Å². The number of fused-ring (bicyclic) bond motifs is 1. The van der Waals surface area contributed by atoms with E-state index in [1.807, 2.05) is 4.72 Å². The Hall–Kier alpha value is -2.48. The maximum Gasteiger partial charge on any atom is 0.262 e. The molecule has 0 spiro atoms. The topological polar surface area (TPSA) is 66.5 Å². The molecule has 25 heavy (non-hydrogen) atoms. The minimum atomic E-state index is -4.16. The molecule has 1 amide bonds. The second-order valence-corrected chi connectivity index (χ2v) is 7.51. The van der Waals surface area contributed by atoms with E-state index >= 15 is 0 Å². The summed E-state index contributed by atoms with van der Waals surface area (Å²) in [6.07, 6.45) is 0.630. The molecule has 1 heterocycles. The van der Waals surface area contributed by atoms with Gasteiger partial charge in [0.2, 0.25) is 5.91 Å². The molecule has 0 unspecified atom stereocenters. The number of nitrogens with zero attached hydrogens (tertiary/aromatic N) is 1. The number of halogens is 2. The Labute approximate surface area is 144 Å². The van der Waals surface area contributed by atoms with Crippen LogP contribution in [0.2, 0.25) is 0 Å². The van der Waals surface area contributed by atoms with Gasteiger partial charge in [0.25, 0.3) is 10.0 Å². The fourth-order valence-electron chi connectivity index (χ4n) is 2.76. The minimum Gasteiger partial charge on any atom is -0.338 e. The van der Waals surface area contributed by atoms with Crippen LogP contribution >= 0.6 is 0 Å². The van der Waals surface area contributed by atoms with Crippen molar-refractivity contribution in [2.45, 2.75) is 24.8 Å². The highest BCUT2D eigenvalue weighted by Gasteiger charge is 2.23. The number of hydrogen-bond acceptors (Lipinski definition) is 3. The van der Waals surface area contributed by atoms with Crippen molar-refractivity contribution in [2.24, 2.45) is 0 Å². The van der Waals surface area contributed by atoms with E-state index in [2.05, 4.69) is 0 Å². The molecule has 0 fully saturated rings. The van der Waals surface area contributed by atoms with Crippen molar-refractivity contribution >= 4 is 21.6 Å². The first-order valence-electron chi connectivity index (χ1n) is 7.62. The fourth-order valence-corrected chi connectivity index (χ4v) is 3.88. The van der Waals surface area contributed by atoms with Crippen LogP contribution < -0.4 is 4.72 Å². The predicted octanol–water partition coefficient (Wildman–Crippen LogP) is 2.67. The highest BCUT2D eigenvalue weighted by molar-refractivity contribution is 7.92. The van der Waals surface area contributed by atoms with Crippen LogP contribution in [0.25, 0.3) is 0 Å². The van der Waals surface area contributed by atoms with Gasteiger partial charge in [0.15, 0.2) is 0 Å². The smallest absolute Gasteiger partial charge is 0.262 e. The zero-order chi connectivity index (χ0) is 18.2. The quantitative estimate of drug-likeness (QED) is 0.908. The van der Waals surface area contributed by atoms with Crippen LogP contribution in [0.15, 0.2) is 41.3 Å². The van der Waals surface area contributed by atoms with E-state index in [0.29, 0.717) is 25.1 Å². The second-order valence-electron chi connectivity index (χ2n) is 5.82. The summed E-state index contributed by atoms with van der Waals surface area (Å²) in [4.78, 5) is 13.0. The van der Waals surface area contributed by atoms with E-state index in [-0.39, 0.29) is 10.8 Å². The fraction of sp³-hybridized carbons (Fsp3) is 0.235. The lowest BCUT2D eigenvalue weighted by Crippen LogP contribution is -2.34. The number of benzene rings is 2. The van der Waals surface area contributed by atoms with Crippen LogP contribution in [0.3, 0.4) is 0 Å². The van der Waals surface area contributed by atoms with Gasteiger partial charge in [-0.05, 0) is 41.8 Å². The third-order valence-electron chi connectivity index (χ3n) is 4.14. The van der Waals surface area contributed by atoms with E-state index in [4.69, 9.17) is 0 Å². The molecule has 132 valence electrons. The third kappa shape index (κ3) is 3.48. The van der Waals surface area contributed by atoms with Gasteiger partial charge in [-0.15, -0.1) is 0 Å². The van der Waals surface area contributed by atoms with Crippen molar-refractivity contribution in [3.05, 3.63) is 59.2 Å². The van der Waals surface area contributed by atoms with Gasteiger partial charge < -0.3 is 4.90 Å². The Morgan fingerprint density at radius 1 is 1.12 bits per heavy atom. The molecular weight excluding hydrogens is 350 g/mol. The molecule has 0 saturated heterocycles. The van der Waals surface area contributed by atoms with Crippen LogP contribution in [-0.2, 0) is 27.8 Å². The molecule has 0 saturated carbocycles. The van der Waals surface area contributed by atoms with Crippen molar-refractivity contribution in [1.29, 1.82) is 0 Å². The number of nitrogens with one attached hydrogen (secondary N) is 1. The van der Waals surface area contributed by atoms with E-state index < -0.39 is 27.3 Å². The predicted molar refractivity (Wildman–Crippen MR) is 88.4 cm³/mol. The molecule has 0 radical (unpaired) electrons. The van der Waals surface area contributed by atoms with E-state index in [0.717, 1.165) is 23.8 Å². The monoisotopic (exact) mass is 366 g/mol. The highest BCUT2D eigenvalue weighted by Crippen LogP contribution is 2.26. The molecule has 2 aromatic rings. The maximum absolute atomic E-state index is 13.7. The number of hydrogen-bond donors (Lipinski definition) is 1. The summed E-state index contributed by atoms with van der Waals surface area (Å²) in [6.45, 7) is 2.34. The normalized spacial score (nSPS) is 14.1. The molecule has 0 aliphatic carbocycles. The minimum absolute atomic E-state index is 0.0922. The van der Waals surface area contributed by atoms with E-state index in [1.54, 1.807) is 11.0 Å². The Balaban J connectivity index is 1.94. The van der Waals surface area contributed by atoms with Gasteiger partial charge in [-0.1, -0.05) is 12.1 Å². The number of sulfonamides is 1. The van der Waals surface area contributed by atoms with Gasteiger partial charge in [-0.25, -0.2) is 17.2 Å². The Morgan fingerprint density at radius 2 is 1.80 bits per heavy atom. The molecular formula is C17H16F2N2O3S. The summed E-state index contributed by atoms with van der Waals surface area (Å²) in [6, 6.07) is 7.59. The Bertz CT molecular complexity index is 925. The van der Waals surface area contributed by atoms with E-state index in [9.17, 15) is 22.0 Å². The zero-order valence-corrected chi connectivity index (χ0v) is 14.2. The standard InChI is InChI=1S/C17H16F2N2O3S/c1-11(22)21-8-7-12-5-6-14(9-13(12)10-21)25(23,24)20-17-15(18)3-2-4-16(17)19/h2-6,9,20H,7-8,10H2,1H3. The van der Waals surface area contributed by atoms with Crippen molar-refractivity contribution in [3.8, 4) is 0 Å².